The topological polar surface area (TPSA) is 12.9 Å². The molecule has 2 unspecified atom stereocenters. The van der Waals surface area contributed by atoms with E-state index in [0.717, 1.165) is 12.1 Å². The average molecular weight is 255 g/mol. The molecule has 0 saturated heterocycles. The second kappa shape index (κ2) is 6.18. The van der Waals surface area contributed by atoms with Crippen molar-refractivity contribution in [1.29, 1.82) is 0 Å². The minimum Gasteiger partial charge on any atom is -0.261 e. The average Bonchev–Trinajstić information content (AvgIpc) is 2.42. The normalized spacial score (nSPS) is 23.1. The van der Waals surface area contributed by atoms with Crippen molar-refractivity contribution in [3.8, 4) is 0 Å². The Kier molecular flexibility index (Phi) is 4.57. The lowest BCUT2D eigenvalue weighted by atomic mass is 9.74. The van der Waals surface area contributed by atoms with E-state index in [1.165, 1.54) is 42.4 Å². The van der Waals surface area contributed by atoms with Gasteiger partial charge in [0.1, 0.15) is 0 Å². The van der Waals surface area contributed by atoms with Gasteiger partial charge in [0.25, 0.3) is 0 Å². The zero-order valence-corrected chi connectivity index (χ0v) is 12.3. The highest BCUT2D eigenvalue weighted by Crippen LogP contribution is 2.36. The molecular weight excluding hydrogens is 230 g/mol. The molecule has 0 radical (unpaired) electrons. The SMILES string of the molecule is C=CC1CCCCC1C(=C)Cc1c(C)ccnc1C. The third kappa shape index (κ3) is 3.15. The van der Waals surface area contributed by atoms with E-state index in [4.69, 9.17) is 0 Å². The predicted octanol–water partition coefficient (Wildman–Crippen LogP) is 4.79. The molecule has 1 aromatic heterocycles. The molecule has 0 amide bonds. The molecule has 102 valence electrons. The summed E-state index contributed by atoms with van der Waals surface area (Å²) in [7, 11) is 0. The third-order valence-corrected chi connectivity index (χ3v) is 4.56. The smallest absolute Gasteiger partial charge is 0.0410 e. The standard InChI is InChI=1S/C18H25N/c1-5-16-8-6-7-9-17(16)14(3)12-18-13(2)10-11-19-15(18)4/h5,10-11,16-17H,1,3,6-9,12H2,2,4H3. The highest BCUT2D eigenvalue weighted by Gasteiger charge is 2.25. The van der Waals surface area contributed by atoms with Crippen molar-refractivity contribution in [3.05, 3.63) is 53.9 Å². The lowest BCUT2D eigenvalue weighted by molar-refractivity contribution is 0.320. The first-order valence-electron chi connectivity index (χ1n) is 7.34. The van der Waals surface area contributed by atoms with Gasteiger partial charge in [-0.15, -0.1) is 6.58 Å². The maximum Gasteiger partial charge on any atom is 0.0410 e. The number of allylic oxidation sites excluding steroid dienone is 2. The Bertz CT molecular complexity index is 452. The number of hydrogen-bond donors (Lipinski definition) is 0. The van der Waals surface area contributed by atoms with Crippen LogP contribution in [0.1, 0.15) is 42.5 Å². The van der Waals surface area contributed by atoms with E-state index in [2.05, 4.69) is 44.1 Å². The minimum atomic E-state index is 0.616. The number of pyridine rings is 1. The van der Waals surface area contributed by atoms with E-state index >= 15 is 0 Å². The minimum absolute atomic E-state index is 0.616. The van der Waals surface area contributed by atoms with E-state index in [-0.39, 0.29) is 0 Å². The van der Waals surface area contributed by atoms with Crippen molar-refractivity contribution in [2.75, 3.05) is 0 Å². The summed E-state index contributed by atoms with van der Waals surface area (Å²) in [6, 6.07) is 2.10. The summed E-state index contributed by atoms with van der Waals surface area (Å²) in [5, 5.41) is 0. The van der Waals surface area contributed by atoms with Gasteiger partial charge in [-0.05, 0) is 62.1 Å². The van der Waals surface area contributed by atoms with Gasteiger partial charge in [-0.1, -0.05) is 31.1 Å². The van der Waals surface area contributed by atoms with Crippen LogP contribution >= 0.6 is 0 Å². The second-order valence-corrected chi connectivity index (χ2v) is 5.82. The van der Waals surface area contributed by atoms with E-state index in [9.17, 15) is 0 Å². The van der Waals surface area contributed by atoms with Gasteiger partial charge in [0.15, 0.2) is 0 Å². The Morgan fingerprint density at radius 3 is 2.79 bits per heavy atom. The van der Waals surface area contributed by atoms with Gasteiger partial charge in [0, 0.05) is 11.9 Å². The molecule has 0 aromatic carbocycles. The number of hydrogen-bond acceptors (Lipinski definition) is 1. The Morgan fingerprint density at radius 1 is 1.37 bits per heavy atom. The van der Waals surface area contributed by atoms with Crippen LogP contribution in [0.5, 0.6) is 0 Å². The quantitative estimate of drug-likeness (QED) is 0.705. The molecule has 1 saturated carbocycles. The number of nitrogens with zero attached hydrogens (tertiary/aromatic N) is 1. The van der Waals surface area contributed by atoms with Crippen LogP contribution in [0, 0.1) is 25.7 Å². The zero-order valence-electron chi connectivity index (χ0n) is 12.3. The fraction of sp³-hybridized carbons (Fsp3) is 0.500. The summed E-state index contributed by atoms with van der Waals surface area (Å²) < 4.78 is 0. The molecule has 1 heteroatoms. The van der Waals surface area contributed by atoms with Crippen LogP contribution < -0.4 is 0 Å². The maximum absolute atomic E-state index is 4.42. The lowest BCUT2D eigenvalue weighted by Crippen LogP contribution is -2.20. The molecule has 2 atom stereocenters. The van der Waals surface area contributed by atoms with Crippen LogP contribution in [0.4, 0.5) is 0 Å². The van der Waals surface area contributed by atoms with E-state index < -0.39 is 0 Å². The molecule has 1 heterocycles. The summed E-state index contributed by atoms with van der Waals surface area (Å²) in [6.45, 7) is 12.7. The molecule has 1 nitrogen and oxygen atoms in total. The first kappa shape index (κ1) is 14.0. The van der Waals surface area contributed by atoms with Crippen LogP contribution in [-0.4, -0.2) is 4.98 Å². The Hall–Kier alpha value is -1.37. The number of aromatic nitrogens is 1. The number of aryl methyl sites for hydroxylation is 2. The highest BCUT2D eigenvalue weighted by molar-refractivity contribution is 5.32. The van der Waals surface area contributed by atoms with Crippen LogP contribution in [0.3, 0.4) is 0 Å². The van der Waals surface area contributed by atoms with Crippen molar-refractivity contribution in [1.82, 2.24) is 4.98 Å². The third-order valence-electron chi connectivity index (χ3n) is 4.56. The van der Waals surface area contributed by atoms with Gasteiger partial charge in [-0.2, -0.15) is 0 Å². The lowest BCUT2D eigenvalue weighted by Gasteiger charge is -2.31. The summed E-state index contributed by atoms with van der Waals surface area (Å²) in [5.74, 6) is 1.24. The maximum atomic E-state index is 4.42. The summed E-state index contributed by atoms with van der Waals surface area (Å²) in [6.07, 6.45) is 10.2. The van der Waals surface area contributed by atoms with Gasteiger partial charge in [0.2, 0.25) is 0 Å². The Morgan fingerprint density at radius 2 is 2.11 bits per heavy atom. The van der Waals surface area contributed by atoms with Gasteiger partial charge >= 0.3 is 0 Å². The van der Waals surface area contributed by atoms with Crippen molar-refractivity contribution < 1.29 is 0 Å². The van der Waals surface area contributed by atoms with E-state index in [0.29, 0.717) is 11.8 Å². The van der Waals surface area contributed by atoms with Crippen molar-refractivity contribution in [2.24, 2.45) is 11.8 Å². The molecule has 1 aliphatic carbocycles. The first-order valence-corrected chi connectivity index (χ1v) is 7.34. The molecular formula is C18H25N. The van der Waals surface area contributed by atoms with E-state index in [1.54, 1.807) is 0 Å². The summed E-state index contributed by atoms with van der Waals surface area (Å²) >= 11 is 0. The van der Waals surface area contributed by atoms with Crippen molar-refractivity contribution in [2.45, 2.75) is 46.0 Å². The fourth-order valence-corrected chi connectivity index (χ4v) is 3.30. The van der Waals surface area contributed by atoms with Crippen molar-refractivity contribution >= 4 is 0 Å². The molecule has 19 heavy (non-hydrogen) atoms. The fourth-order valence-electron chi connectivity index (χ4n) is 3.30. The Labute approximate surface area is 117 Å². The van der Waals surface area contributed by atoms with Crippen LogP contribution in [0.15, 0.2) is 37.1 Å². The summed E-state index contributed by atoms with van der Waals surface area (Å²) in [4.78, 5) is 4.42. The molecule has 0 N–H and O–H groups in total. The van der Waals surface area contributed by atoms with Gasteiger partial charge in [-0.25, -0.2) is 0 Å². The molecule has 0 aliphatic heterocycles. The van der Waals surface area contributed by atoms with Gasteiger partial charge < -0.3 is 0 Å². The molecule has 0 spiro atoms. The van der Waals surface area contributed by atoms with E-state index in [1.807, 2.05) is 6.20 Å². The second-order valence-electron chi connectivity index (χ2n) is 5.82. The molecule has 1 aromatic rings. The van der Waals surface area contributed by atoms with Crippen LogP contribution in [0.25, 0.3) is 0 Å². The highest BCUT2D eigenvalue weighted by atomic mass is 14.7. The Balaban J connectivity index is 2.14. The number of rotatable bonds is 4. The van der Waals surface area contributed by atoms with Crippen LogP contribution in [-0.2, 0) is 6.42 Å². The molecule has 1 aliphatic rings. The molecule has 2 rings (SSSR count). The largest absolute Gasteiger partial charge is 0.261 e. The monoisotopic (exact) mass is 255 g/mol. The predicted molar refractivity (Wildman–Crippen MR) is 82.2 cm³/mol. The van der Waals surface area contributed by atoms with Gasteiger partial charge in [0.05, 0.1) is 0 Å². The summed E-state index contributed by atoms with van der Waals surface area (Å²) in [5.41, 5.74) is 5.21. The van der Waals surface area contributed by atoms with Crippen LogP contribution in [0.2, 0.25) is 0 Å². The molecule has 1 fully saturated rings. The zero-order chi connectivity index (χ0) is 13.8. The first-order chi connectivity index (χ1) is 9.13. The van der Waals surface area contributed by atoms with Crippen molar-refractivity contribution in [3.63, 3.8) is 0 Å². The molecule has 0 bridgehead atoms. The van der Waals surface area contributed by atoms with Gasteiger partial charge in [-0.3, -0.25) is 4.98 Å².